The van der Waals surface area contributed by atoms with E-state index < -0.39 is 0 Å². The Balaban J connectivity index is 0.000000135. The molecule has 0 N–H and O–H groups in total. The number of nitrogens with zero attached hydrogens (tertiary/aromatic N) is 2. The van der Waals surface area contributed by atoms with E-state index in [4.69, 9.17) is 4.52 Å². The van der Waals surface area contributed by atoms with Crippen LogP contribution in [-0.4, -0.2) is 10.9 Å². The Labute approximate surface area is 401 Å². The van der Waals surface area contributed by atoms with Crippen LogP contribution in [0.2, 0.25) is 0 Å². The highest BCUT2D eigenvalue weighted by atomic mass is 32.1. The van der Waals surface area contributed by atoms with Crippen LogP contribution in [0.1, 0.15) is 137 Å². The number of aromatic nitrogens is 1. The summed E-state index contributed by atoms with van der Waals surface area (Å²) in [5.74, 6) is 0. The van der Waals surface area contributed by atoms with E-state index in [1.165, 1.54) is 70.0 Å². The van der Waals surface area contributed by atoms with Crippen LogP contribution in [-0.2, 0) is 28.2 Å². The molecule has 0 saturated heterocycles. The Bertz CT molecular complexity index is 2790. The summed E-state index contributed by atoms with van der Waals surface area (Å²) in [4.78, 5) is 4.59. The molecule has 10 rings (SSSR count). The summed E-state index contributed by atoms with van der Waals surface area (Å²) in [7, 11) is 0. The monoisotopic (exact) mass is 918 g/mol. The van der Waals surface area contributed by atoms with Crippen molar-refractivity contribution in [2.75, 3.05) is 0 Å². The van der Waals surface area contributed by atoms with Crippen LogP contribution in [0.3, 0.4) is 0 Å². The SMILES string of the molecule is CC(C)(C)C1=NCc2ccccc21.CC(C)(C)c1ccc2cnoc2c1.CC(C)(C)c1cccc2ccsc12.CC(C)(C)c1cccc2cscc12.CC(C)(C)c1cccc2sccc12. The Kier molecular flexibility index (Phi) is 15.2. The molecule has 65 heavy (non-hydrogen) atoms. The second kappa shape index (κ2) is 19.9. The Morgan fingerprint density at radius 3 is 1.77 bits per heavy atom. The molecule has 0 radical (unpaired) electrons. The van der Waals surface area contributed by atoms with E-state index in [0.717, 1.165) is 17.5 Å². The third-order valence-corrected chi connectivity index (χ3v) is 14.1. The molecular weight excluding hydrogens is 849 g/mol. The van der Waals surface area contributed by atoms with Crippen LogP contribution in [0, 0.1) is 5.41 Å². The van der Waals surface area contributed by atoms with E-state index in [1.54, 1.807) is 17.5 Å². The van der Waals surface area contributed by atoms with E-state index in [1.807, 2.05) is 28.7 Å². The van der Waals surface area contributed by atoms with E-state index in [9.17, 15) is 0 Å². The first-order valence-electron chi connectivity index (χ1n) is 22.8. The number of rotatable bonds is 0. The lowest BCUT2D eigenvalue weighted by atomic mass is 9.85. The van der Waals surface area contributed by atoms with Gasteiger partial charge in [-0.1, -0.05) is 188 Å². The molecule has 0 bridgehead atoms. The van der Waals surface area contributed by atoms with Crippen molar-refractivity contribution < 1.29 is 4.52 Å². The van der Waals surface area contributed by atoms with Crippen molar-refractivity contribution >= 4 is 81.6 Å². The maximum atomic E-state index is 5.10. The minimum absolute atomic E-state index is 0.168. The summed E-state index contributed by atoms with van der Waals surface area (Å²) in [6, 6.07) is 38.9. The summed E-state index contributed by atoms with van der Waals surface area (Å²) in [6.45, 7) is 34.4. The molecule has 0 fully saturated rings. The van der Waals surface area contributed by atoms with Crippen molar-refractivity contribution in [1.29, 1.82) is 0 Å². The normalized spacial score (nSPS) is 12.9. The van der Waals surface area contributed by atoms with Gasteiger partial charge in [-0.05, 0) is 123 Å². The van der Waals surface area contributed by atoms with Crippen molar-refractivity contribution in [2.45, 2.75) is 132 Å². The van der Waals surface area contributed by atoms with Gasteiger partial charge >= 0.3 is 0 Å². The molecule has 6 heteroatoms. The molecule has 9 aromatic rings. The van der Waals surface area contributed by atoms with Gasteiger partial charge in [0.15, 0.2) is 5.58 Å². The molecule has 4 aromatic heterocycles. The smallest absolute Gasteiger partial charge is 0.167 e. The van der Waals surface area contributed by atoms with Gasteiger partial charge in [0.1, 0.15) is 0 Å². The zero-order valence-electron chi connectivity index (χ0n) is 41.5. The highest BCUT2D eigenvalue weighted by molar-refractivity contribution is 7.17. The van der Waals surface area contributed by atoms with Crippen molar-refractivity contribution in [3.63, 3.8) is 0 Å². The topological polar surface area (TPSA) is 38.4 Å². The molecule has 0 saturated carbocycles. The molecule has 3 nitrogen and oxygen atoms in total. The lowest BCUT2D eigenvalue weighted by Crippen LogP contribution is -2.19. The molecule has 5 heterocycles. The molecule has 1 aliphatic heterocycles. The lowest BCUT2D eigenvalue weighted by Gasteiger charge is -2.19. The molecule has 0 aliphatic carbocycles. The van der Waals surface area contributed by atoms with E-state index >= 15 is 0 Å². The fourth-order valence-corrected chi connectivity index (χ4v) is 10.7. The van der Waals surface area contributed by atoms with Gasteiger partial charge in [0.05, 0.1) is 12.7 Å². The second-order valence-corrected chi connectivity index (χ2v) is 24.7. The first-order valence-corrected chi connectivity index (χ1v) is 25.5. The number of fused-ring (bicyclic) bond motifs is 5. The standard InChI is InChI=1S/C12H15N.3C12H14S.C11H13NO/c1-12(2,3)11-10-7-5-4-6-9(10)8-13-11;1-12(2,3)11-6-4-5-9-7-13-8-10(9)11;1-12(2,3)10-5-4-6-11-9(10)7-8-13-11;1-12(2,3)10-6-4-5-9-7-8-13-11(9)10;1-11(2,3)9-5-4-8-7-12-13-10(8)6-9/h4-7H,8H2,1-3H3;3*4-8H,1-3H3;4-7H,1-3H3. The Morgan fingerprint density at radius 1 is 0.492 bits per heavy atom. The van der Waals surface area contributed by atoms with Gasteiger partial charge in [0.25, 0.3) is 0 Å². The fraction of sp³-hybridized carbons (Fsp3) is 0.356. The van der Waals surface area contributed by atoms with Gasteiger partial charge in [-0.2, -0.15) is 11.3 Å². The first-order chi connectivity index (χ1) is 30.4. The van der Waals surface area contributed by atoms with Crippen LogP contribution >= 0.6 is 34.0 Å². The molecule has 5 aromatic carbocycles. The zero-order chi connectivity index (χ0) is 47.4. The van der Waals surface area contributed by atoms with Crippen molar-refractivity contribution in [3.05, 3.63) is 170 Å². The van der Waals surface area contributed by atoms with Gasteiger partial charge in [0.2, 0.25) is 0 Å². The predicted octanol–water partition coefficient (Wildman–Crippen LogP) is 18.8. The average molecular weight is 919 g/mol. The molecular formula is C59H70N2OS3. The van der Waals surface area contributed by atoms with E-state index in [2.05, 4.69) is 239 Å². The number of benzene rings is 5. The largest absolute Gasteiger partial charge is 0.356 e. The molecule has 340 valence electrons. The number of thiophene rings is 3. The fourth-order valence-electron chi connectivity index (χ4n) is 7.98. The summed E-state index contributed by atoms with van der Waals surface area (Å²) < 4.78 is 7.94. The van der Waals surface area contributed by atoms with Crippen LogP contribution in [0.4, 0.5) is 0 Å². The van der Waals surface area contributed by atoms with Gasteiger partial charge in [-0.3, -0.25) is 4.99 Å². The van der Waals surface area contributed by atoms with E-state index in [0.29, 0.717) is 0 Å². The lowest BCUT2D eigenvalue weighted by molar-refractivity contribution is 0.455. The quantitative estimate of drug-likeness (QED) is 0.152. The summed E-state index contributed by atoms with van der Waals surface area (Å²) in [5.41, 5.74) is 11.6. The number of aliphatic imine (C=N–C) groups is 1. The third kappa shape index (κ3) is 12.5. The van der Waals surface area contributed by atoms with Gasteiger partial charge in [0, 0.05) is 31.5 Å². The molecule has 0 atom stereocenters. The maximum absolute atomic E-state index is 5.10. The van der Waals surface area contributed by atoms with Gasteiger partial charge in [-0.25, -0.2) is 0 Å². The van der Waals surface area contributed by atoms with E-state index in [-0.39, 0.29) is 27.1 Å². The highest BCUT2D eigenvalue weighted by Gasteiger charge is 2.26. The zero-order valence-corrected chi connectivity index (χ0v) is 44.0. The van der Waals surface area contributed by atoms with Crippen molar-refractivity contribution in [3.8, 4) is 0 Å². The highest BCUT2D eigenvalue weighted by Crippen LogP contribution is 2.35. The number of hydrogen-bond acceptors (Lipinski definition) is 6. The molecule has 0 unspecified atom stereocenters. The summed E-state index contributed by atoms with van der Waals surface area (Å²) in [5, 5.41) is 19.2. The van der Waals surface area contributed by atoms with Crippen LogP contribution in [0.15, 0.2) is 146 Å². The Morgan fingerprint density at radius 2 is 1.11 bits per heavy atom. The molecule has 1 aliphatic rings. The maximum Gasteiger partial charge on any atom is 0.167 e. The minimum atomic E-state index is 0.168. The first kappa shape index (κ1) is 49.6. The van der Waals surface area contributed by atoms with Crippen LogP contribution < -0.4 is 0 Å². The van der Waals surface area contributed by atoms with Crippen molar-refractivity contribution in [1.82, 2.24) is 5.16 Å². The van der Waals surface area contributed by atoms with Gasteiger partial charge in [-0.15, -0.1) is 22.7 Å². The minimum Gasteiger partial charge on any atom is -0.356 e. The number of hydrogen-bond donors (Lipinski definition) is 0. The Hall–Kier alpha value is -4.88. The van der Waals surface area contributed by atoms with Crippen LogP contribution in [0.5, 0.6) is 0 Å². The third-order valence-electron chi connectivity index (χ3n) is 11.5. The molecule has 0 amide bonds. The van der Waals surface area contributed by atoms with Crippen molar-refractivity contribution in [2.24, 2.45) is 10.4 Å². The molecule has 0 spiro atoms. The van der Waals surface area contributed by atoms with Crippen LogP contribution in [0.25, 0.3) is 41.9 Å². The average Bonchev–Trinajstić information content (AvgIpc) is 4.08. The predicted molar refractivity (Wildman–Crippen MR) is 290 cm³/mol. The second-order valence-electron chi connectivity index (χ2n) is 22.1. The summed E-state index contributed by atoms with van der Waals surface area (Å²) >= 11 is 5.44. The van der Waals surface area contributed by atoms with Gasteiger partial charge < -0.3 is 4.52 Å². The summed E-state index contributed by atoms with van der Waals surface area (Å²) in [6.07, 6.45) is 1.74.